The van der Waals surface area contributed by atoms with Gasteiger partial charge < -0.3 is 9.47 Å². The fourth-order valence-electron chi connectivity index (χ4n) is 10.6. The Balaban J connectivity index is 0.901. The van der Waals surface area contributed by atoms with Gasteiger partial charge in [-0.3, -0.25) is 0 Å². The van der Waals surface area contributed by atoms with Crippen molar-refractivity contribution in [2.75, 3.05) is 4.90 Å². The highest BCUT2D eigenvalue weighted by molar-refractivity contribution is 6.16. The molecule has 2 nitrogen and oxygen atoms in total. The number of aryl methyl sites for hydroxylation is 4. The van der Waals surface area contributed by atoms with E-state index >= 15 is 0 Å². The maximum atomic E-state index is 2.43. The summed E-state index contributed by atoms with van der Waals surface area (Å²) < 4.78 is 2.43. The lowest BCUT2D eigenvalue weighted by Crippen LogP contribution is -2.09. The van der Waals surface area contributed by atoms with Crippen molar-refractivity contribution in [1.82, 2.24) is 4.57 Å². The number of hydrogen-bond acceptors (Lipinski definition) is 1. The second-order valence-corrected chi connectivity index (χ2v) is 19.2. The molecule has 0 radical (unpaired) electrons. The molecule has 11 aromatic carbocycles. The van der Waals surface area contributed by atoms with Gasteiger partial charge in [0.05, 0.1) is 11.0 Å². The highest BCUT2D eigenvalue weighted by Crippen LogP contribution is 2.42. The van der Waals surface area contributed by atoms with Crippen molar-refractivity contribution in [3.05, 3.63) is 277 Å². The molecule has 0 saturated carbocycles. The quantitative estimate of drug-likeness (QED) is 0.133. The van der Waals surface area contributed by atoms with Crippen LogP contribution in [0.2, 0.25) is 0 Å². The molecular formula is C70H54N2. The normalized spacial score (nSPS) is 11.3. The number of anilines is 3. The minimum atomic E-state index is 1.09. The number of fused-ring (bicyclic) bond motifs is 3. The fourth-order valence-corrected chi connectivity index (χ4v) is 10.6. The van der Waals surface area contributed by atoms with Crippen LogP contribution in [0.25, 0.3) is 94.3 Å². The third-order valence-electron chi connectivity index (χ3n) is 14.5. The molecule has 0 aliphatic carbocycles. The third-order valence-corrected chi connectivity index (χ3v) is 14.5. The summed E-state index contributed by atoms with van der Waals surface area (Å²) in [4.78, 5) is 2.37. The van der Waals surface area contributed by atoms with E-state index in [1.54, 1.807) is 0 Å². The number of benzene rings is 11. The van der Waals surface area contributed by atoms with E-state index in [4.69, 9.17) is 0 Å². The summed E-state index contributed by atoms with van der Waals surface area (Å²) in [5, 5.41) is 2.47. The first kappa shape index (κ1) is 44.2. The predicted octanol–water partition coefficient (Wildman–Crippen LogP) is 19.5. The number of nitrogens with zero attached hydrogens (tertiary/aromatic N) is 2. The smallest absolute Gasteiger partial charge is 0.0547 e. The molecule has 12 aromatic rings. The zero-order chi connectivity index (χ0) is 48.7. The molecule has 1 aromatic heterocycles. The molecule has 1 heterocycles. The van der Waals surface area contributed by atoms with Crippen LogP contribution in [-0.2, 0) is 0 Å². The molecule has 2 heteroatoms. The van der Waals surface area contributed by atoms with Gasteiger partial charge >= 0.3 is 0 Å². The van der Waals surface area contributed by atoms with E-state index in [-0.39, 0.29) is 0 Å². The Hall–Kier alpha value is -8.98. The maximum Gasteiger partial charge on any atom is 0.0547 e. The van der Waals surface area contributed by atoms with Crippen molar-refractivity contribution in [1.29, 1.82) is 0 Å². The van der Waals surface area contributed by atoms with E-state index in [0.29, 0.717) is 0 Å². The lowest BCUT2D eigenvalue weighted by atomic mass is 9.94. The van der Waals surface area contributed by atoms with Gasteiger partial charge in [-0.2, -0.15) is 0 Å². The second-order valence-electron chi connectivity index (χ2n) is 19.2. The monoisotopic (exact) mass is 922 g/mol. The Morgan fingerprint density at radius 3 is 1.35 bits per heavy atom. The third kappa shape index (κ3) is 8.37. The van der Waals surface area contributed by atoms with Crippen molar-refractivity contribution in [2.24, 2.45) is 0 Å². The first-order valence-corrected chi connectivity index (χ1v) is 25.0. The van der Waals surface area contributed by atoms with E-state index in [1.807, 2.05) is 0 Å². The summed E-state index contributed by atoms with van der Waals surface area (Å²) in [6, 6.07) is 93.5. The zero-order valence-electron chi connectivity index (χ0n) is 41.1. The van der Waals surface area contributed by atoms with Crippen LogP contribution in [0.5, 0.6) is 0 Å². The number of rotatable bonds is 10. The van der Waals surface area contributed by atoms with Crippen LogP contribution in [-0.4, -0.2) is 4.57 Å². The average Bonchev–Trinajstić information content (AvgIpc) is 3.78. The van der Waals surface area contributed by atoms with Gasteiger partial charge in [0.25, 0.3) is 0 Å². The van der Waals surface area contributed by atoms with Crippen LogP contribution in [0.4, 0.5) is 17.1 Å². The molecule has 0 aliphatic rings. The predicted molar refractivity (Wildman–Crippen MR) is 307 cm³/mol. The van der Waals surface area contributed by atoms with Crippen LogP contribution >= 0.6 is 0 Å². The van der Waals surface area contributed by atoms with Crippen molar-refractivity contribution >= 4 is 38.9 Å². The summed E-state index contributed by atoms with van der Waals surface area (Å²) in [7, 11) is 0. The van der Waals surface area contributed by atoms with Crippen molar-refractivity contribution < 1.29 is 0 Å². The summed E-state index contributed by atoms with van der Waals surface area (Å²) >= 11 is 0. The van der Waals surface area contributed by atoms with Gasteiger partial charge in [-0.05, 0) is 178 Å². The van der Waals surface area contributed by atoms with Gasteiger partial charge in [-0.25, -0.2) is 0 Å². The molecule has 0 bridgehead atoms. The Labute approximate surface area is 423 Å². The van der Waals surface area contributed by atoms with Crippen molar-refractivity contribution in [3.63, 3.8) is 0 Å². The average molecular weight is 923 g/mol. The van der Waals surface area contributed by atoms with Gasteiger partial charge in [0.15, 0.2) is 0 Å². The van der Waals surface area contributed by atoms with Gasteiger partial charge in [0.2, 0.25) is 0 Å². The molecule has 0 fully saturated rings. The SMILES string of the molecule is Cc1ccc(-c2ccc(N(c3ccc(-c4ccc(-c5cc(C)c(C)cc5C)cc4)cc3)c3ccc(-c4cccc5c4c4ccccc4n5-c4cccc(-c5cccc(-c6ccccc6)c5)c4)cc3)cc2)cc1. The zero-order valence-corrected chi connectivity index (χ0v) is 41.1. The Kier molecular flexibility index (Phi) is 11.5. The molecule has 0 aliphatic heterocycles. The molecule has 0 unspecified atom stereocenters. The molecular weight excluding hydrogens is 869 g/mol. The minimum absolute atomic E-state index is 1.09. The summed E-state index contributed by atoms with van der Waals surface area (Å²) in [6.45, 7) is 8.72. The minimum Gasteiger partial charge on any atom is -0.311 e. The lowest BCUT2D eigenvalue weighted by molar-refractivity contribution is 1.18. The highest BCUT2D eigenvalue weighted by Gasteiger charge is 2.19. The van der Waals surface area contributed by atoms with E-state index < -0.39 is 0 Å². The van der Waals surface area contributed by atoms with Crippen LogP contribution in [0.1, 0.15) is 22.3 Å². The Bertz CT molecular complexity index is 3900. The first-order valence-electron chi connectivity index (χ1n) is 25.0. The summed E-state index contributed by atoms with van der Waals surface area (Å²) in [6.07, 6.45) is 0. The number of aromatic nitrogens is 1. The summed E-state index contributed by atoms with van der Waals surface area (Å²) in [5.41, 5.74) is 26.5. The van der Waals surface area contributed by atoms with Crippen molar-refractivity contribution in [3.8, 4) is 72.4 Å². The molecule has 0 atom stereocenters. The largest absolute Gasteiger partial charge is 0.311 e. The molecule has 72 heavy (non-hydrogen) atoms. The van der Waals surface area contributed by atoms with E-state index in [0.717, 1.165) is 22.7 Å². The van der Waals surface area contributed by atoms with Crippen LogP contribution < -0.4 is 4.90 Å². The van der Waals surface area contributed by atoms with E-state index in [1.165, 1.54) is 111 Å². The van der Waals surface area contributed by atoms with Crippen LogP contribution in [0, 0.1) is 27.7 Å². The van der Waals surface area contributed by atoms with Gasteiger partial charge in [-0.15, -0.1) is 0 Å². The lowest BCUT2D eigenvalue weighted by Gasteiger charge is -2.26. The van der Waals surface area contributed by atoms with Gasteiger partial charge in [-0.1, -0.05) is 194 Å². The highest BCUT2D eigenvalue weighted by atomic mass is 15.1. The Morgan fingerprint density at radius 1 is 0.278 bits per heavy atom. The fraction of sp³-hybridized carbons (Fsp3) is 0.0571. The standard InChI is InChI=1S/C70H54N2/c1-47-23-25-52(26-24-47)54-31-37-61(38-32-54)71(62-39-33-55(34-40-62)53-27-29-57(30-28-53)67-44-49(3)48(2)43-50(67)4)63-41-35-56(36-42-63)65-20-12-22-69-70(65)66-19-8-9-21-68(66)72(69)64-18-11-17-60(46-64)59-16-10-15-58(45-59)51-13-6-5-7-14-51/h5-46H,1-4H3. The van der Waals surface area contributed by atoms with Crippen LogP contribution in [0.3, 0.4) is 0 Å². The van der Waals surface area contributed by atoms with Gasteiger partial charge in [0.1, 0.15) is 0 Å². The van der Waals surface area contributed by atoms with Gasteiger partial charge in [0, 0.05) is 33.5 Å². The topological polar surface area (TPSA) is 8.17 Å². The number of para-hydroxylation sites is 1. The molecule has 0 spiro atoms. The van der Waals surface area contributed by atoms with E-state index in [9.17, 15) is 0 Å². The van der Waals surface area contributed by atoms with E-state index in [2.05, 4.69) is 292 Å². The number of hydrogen-bond donors (Lipinski definition) is 0. The molecule has 0 amide bonds. The maximum absolute atomic E-state index is 2.43. The Morgan fingerprint density at radius 2 is 0.708 bits per heavy atom. The second kappa shape index (κ2) is 18.7. The molecule has 12 rings (SSSR count). The first-order chi connectivity index (χ1) is 35.3. The molecule has 0 saturated heterocycles. The van der Waals surface area contributed by atoms with Crippen LogP contribution in [0.15, 0.2) is 255 Å². The summed E-state index contributed by atoms with van der Waals surface area (Å²) in [5.74, 6) is 0. The van der Waals surface area contributed by atoms with Crippen molar-refractivity contribution in [2.45, 2.75) is 27.7 Å². The molecule has 0 N–H and O–H groups in total. The molecule has 344 valence electrons.